The highest BCUT2D eigenvalue weighted by molar-refractivity contribution is 5.87. The predicted octanol–water partition coefficient (Wildman–Crippen LogP) is 1.49. The molecule has 0 saturated carbocycles. The van der Waals surface area contributed by atoms with Crippen molar-refractivity contribution >= 4 is 5.97 Å². The Morgan fingerprint density at radius 1 is 1.29 bits per heavy atom. The van der Waals surface area contributed by atoms with E-state index in [0.29, 0.717) is 13.1 Å². The summed E-state index contributed by atoms with van der Waals surface area (Å²) in [7, 11) is 0. The molecule has 3 N–H and O–H groups in total. The van der Waals surface area contributed by atoms with E-state index in [1.807, 2.05) is 13.8 Å². The molecule has 1 aromatic carbocycles. The number of carboxylic acids is 1. The second-order valence-corrected chi connectivity index (χ2v) is 4.44. The molecule has 1 unspecified atom stereocenters. The van der Waals surface area contributed by atoms with E-state index in [2.05, 4.69) is 5.32 Å². The molecule has 0 heterocycles. The van der Waals surface area contributed by atoms with Gasteiger partial charge in [-0.2, -0.15) is 0 Å². The molecule has 0 spiro atoms. The van der Waals surface area contributed by atoms with Gasteiger partial charge < -0.3 is 15.5 Å². The summed E-state index contributed by atoms with van der Waals surface area (Å²) < 4.78 is 0. The van der Waals surface area contributed by atoms with Crippen molar-refractivity contribution < 1.29 is 15.0 Å². The maximum absolute atomic E-state index is 10.6. The molecule has 0 amide bonds. The average Bonchev–Trinajstić information content (AvgIpc) is 2.29. The lowest BCUT2D eigenvalue weighted by Gasteiger charge is -2.15. The fraction of sp³-hybridized carbons (Fsp3) is 0.462. The summed E-state index contributed by atoms with van der Waals surface area (Å²) in [6, 6.07) is 6.72. The first-order valence-corrected chi connectivity index (χ1v) is 5.71. The van der Waals surface area contributed by atoms with Crippen LogP contribution in [0.3, 0.4) is 0 Å². The molecule has 0 aromatic heterocycles. The van der Waals surface area contributed by atoms with Crippen LogP contribution in [0, 0.1) is 5.92 Å². The Morgan fingerprint density at radius 2 is 1.88 bits per heavy atom. The van der Waals surface area contributed by atoms with Crippen LogP contribution in [0.1, 0.15) is 29.8 Å². The smallest absolute Gasteiger partial charge is 0.335 e. The number of aliphatic hydroxyl groups excluding tert-OH is 1. The molecular formula is C13H19NO3. The maximum atomic E-state index is 10.6. The Bertz CT molecular complexity index is 359. The highest BCUT2D eigenvalue weighted by Crippen LogP contribution is 2.05. The minimum absolute atomic E-state index is 0.233. The first-order valence-electron chi connectivity index (χ1n) is 5.71. The molecule has 94 valence electrons. The Labute approximate surface area is 101 Å². The van der Waals surface area contributed by atoms with Crippen LogP contribution in [0.2, 0.25) is 0 Å². The van der Waals surface area contributed by atoms with E-state index >= 15 is 0 Å². The highest BCUT2D eigenvalue weighted by atomic mass is 16.4. The summed E-state index contributed by atoms with van der Waals surface area (Å²) in [6.45, 7) is 5.10. The van der Waals surface area contributed by atoms with Gasteiger partial charge in [-0.15, -0.1) is 0 Å². The molecule has 0 aliphatic heterocycles. The van der Waals surface area contributed by atoms with Crippen molar-refractivity contribution in [2.24, 2.45) is 5.92 Å². The Morgan fingerprint density at radius 3 is 2.35 bits per heavy atom. The van der Waals surface area contributed by atoms with Gasteiger partial charge >= 0.3 is 5.97 Å². The lowest BCUT2D eigenvalue weighted by Crippen LogP contribution is -2.30. The van der Waals surface area contributed by atoms with Gasteiger partial charge in [-0.25, -0.2) is 4.79 Å². The molecule has 1 rings (SSSR count). The van der Waals surface area contributed by atoms with Crippen molar-refractivity contribution in [1.82, 2.24) is 5.32 Å². The fourth-order valence-electron chi connectivity index (χ4n) is 1.37. The summed E-state index contributed by atoms with van der Waals surface area (Å²) in [6.07, 6.45) is -0.353. The van der Waals surface area contributed by atoms with Gasteiger partial charge in [-0.3, -0.25) is 0 Å². The summed E-state index contributed by atoms with van der Waals surface area (Å²) >= 11 is 0. The summed E-state index contributed by atoms with van der Waals surface area (Å²) in [5.74, 6) is -0.684. The van der Waals surface area contributed by atoms with Crippen LogP contribution in [0.25, 0.3) is 0 Å². The van der Waals surface area contributed by atoms with E-state index in [1.54, 1.807) is 24.3 Å². The van der Waals surface area contributed by atoms with Gasteiger partial charge in [-0.1, -0.05) is 26.0 Å². The first kappa shape index (κ1) is 13.7. The van der Waals surface area contributed by atoms with Crippen molar-refractivity contribution in [2.75, 3.05) is 6.54 Å². The number of aliphatic hydroxyl groups is 1. The van der Waals surface area contributed by atoms with E-state index in [-0.39, 0.29) is 17.6 Å². The molecule has 1 aromatic rings. The number of carbonyl (C=O) groups is 1. The van der Waals surface area contributed by atoms with Crippen LogP contribution in [0.15, 0.2) is 24.3 Å². The second-order valence-electron chi connectivity index (χ2n) is 4.44. The van der Waals surface area contributed by atoms with Gasteiger partial charge in [0.25, 0.3) is 0 Å². The van der Waals surface area contributed by atoms with Gasteiger partial charge in [0.2, 0.25) is 0 Å². The molecule has 0 saturated heterocycles. The van der Waals surface area contributed by atoms with Gasteiger partial charge in [0.05, 0.1) is 11.7 Å². The van der Waals surface area contributed by atoms with Gasteiger partial charge in [-0.05, 0) is 23.6 Å². The van der Waals surface area contributed by atoms with Crippen molar-refractivity contribution in [3.8, 4) is 0 Å². The number of nitrogens with one attached hydrogen (secondary N) is 1. The van der Waals surface area contributed by atoms with Gasteiger partial charge in [0.1, 0.15) is 0 Å². The largest absolute Gasteiger partial charge is 0.478 e. The van der Waals surface area contributed by atoms with E-state index in [4.69, 9.17) is 5.11 Å². The highest BCUT2D eigenvalue weighted by Gasteiger charge is 2.08. The second kappa shape index (κ2) is 6.37. The van der Waals surface area contributed by atoms with Crippen LogP contribution >= 0.6 is 0 Å². The van der Waals surface area contributed by atoms with E-state index in [9.17, 15) is 9.90 Å². The molecule has 0 aliphatic carbocycles. The topological polar surface area (TPSA) is 69.6 Å². The van der Waals surface area contributed by atoms with Crippen molar-refractivity contribution in [1.29, 1.82) is 0 Å². The zero-order valence-corrected chi connectivity index (χ0v) is 10.2. The molecule has 0 fully saturated rings. The number of hydrogen-bond acceptors (Lipinski definition) is 3. The zero-order chi connectivity index (χ0) is 12.8. The molecule has 17 heavy (non-hydrogen) atoms. The van der Waals surface area contributed by atoms with Crippen LogP contribution < -0.4 is 5.32 Å². The van der Waals surface area contributed by atoms with Gasteiger partial charge in [0.15, 0.2) is 0 Å². The van der Waals surface area contributed by atoms with Crippen molar-refractivity contribution in [3.63, 3.8) is 0 Å². The predicted molar refractivity (Wildman–Crippen MR) is 66.0 cm³/mol. The maximum Gasteiger partial charge on any atom is 0.335 e. The normalized spacial score (nSPS) is 12.7. The van der Waals surface area contributed by atoms with E-state index in [0.717, 1.165) is 5.56 Å². The van der Waals surface area contributed by atoms with Crippen LogP contribution in [-0.4, -0.2) is 28.8 Å². The Hall–Kier alpha value is -1.39. The first-order chi connectivity index (χ1) is 8.00. The molecule has 4 nitrogen and oxygen atoms in total. The number of hydrogen-bond donors (Lipinski definition) is 3. The number of aromatic carboxylic acids is 1. The molecule has 4 heteroatoms. The fourth-order valence-corrected chi connectivity index (χ4v) is 1.37. The van der Waals surface area contributed by atoms with Crippen molar-refractivity contribution in [2.45, 2.75) is 26.5 Å². The van der Waals surface area contributed by atoms with Gasteiger partial charge in [0, 0.05) is 13.1 Å². The van der Waals surface area contributed by atoms with Crippen LogP contribution in [0.5, 0.6) is 0 Å². The summed E-state index contributed by atoms with van der Waals surface area (Å²) in [5, 5.41) is 21.5. The van der Waals surface area contributed by atoms with E-state index < -0.39 is 5.97 Å². The molecule has 0 aliphatic rings. The lowest BCUT2D eigenvalue weighted by molar-refractivity contribution is 0.0697. The number of benzene rings is 1. The summed E-state index contributed by atoms with van der Waals surface area (Å²) in [5.41, 5.74) is 1.29. The third-order valence-electron chi connectivity index (χ3n) is 2.65. The molecule has 0 bridgehead atoms. The lowest BCUT2D eigenvalue weighted by atomic mass is 10.1. The molecule has 0 radical (unpaired) electrons. The molecule has 1 atom stereocenters. The standard InChI is InChI=1S/C13H19NO3/c1-9(2)12(15)8-14-7-10-3-5-11(6-4-10)13(16)17/h3-6,9,12,14-15H,7-8H2,1-2H3,(H,16,17). The average molecular weight is 237 g/mol. The minimum Gasteiger partial charge on any atom is -0.478 e. The number of carboxylic acid groups (broad SMARTS) is 1. The minimum atomic E-state index is -0.917. The third-order valence-corrected chi connectivity index (χ3v) is 2.65. The van der Waals surface area contributed by atoms with Crippen molar-refractivity contribution in [3.05, 3.63) is 35.4 Å². The summed E-state index contributed by atoms with van der Waals surface area (Å²) in [4.78, 5) is 10.6. The SMILES string of the molecule is CC(C)C(O)CNCc1ccc(C(=O)O)cc1. The zero-order valence-electron chi connectivity index (χ0n) is 10.2. The quantitative estimate of drug-likeness (QED) is 0.701. The number of rotatable bonds is 6. The van der Waals surface area contributed by atoms with Crippen LogP contribution in [0.4, 0.5) is 0 Å². The Balaban J connectivity index is 2.40. The van der Waals surface area contributed by atoms with E-state index in [1.165, 1.54) is 0 Å². The van der Waals surface area contributed by atoms with Crippen LogP contribution in [-0.2, 0) is 6.54 Å². The molecular weight excluding hydrogens is 218 g/mol. The monoisotopic (exact) mass is 237 g/mol. The Kier molecular flexibility index (Phi) is 5.12. The third kappa shape index (κ3) is 4.54.